The molecule has 14 nitrogen and oxygen atoms in total. The molecule has 0 radical (unpaired) electrons. The smallest absolute Gasteiger partial charge is 0.348 e. The van der Waals surface area contributed by atoms with Gasteiger partial charge >= 0.3 is 17.9 Å². The number of rotatable bonds is 12. The Morgan fingerprint density at radius 2 is 1.79 bits per heavy atom. The summed E-state index contributed by atoms with van der Waals surface area (Å²) >= 11 is 1.40. The van der Waals surface area contributed by atoms with Gasteiger partial charge in [-0.1, -0.05) is 38.7 Å². The van der Waals surface area contributed by atoms with Crippen LogP contribution in [0.5, 0.6) is 28.7 Å². The van der Waals surface area contributed by atoms with Crippen LogP contribution < -0.4 is 23.7 Å². The Bertz CT molecular complexity index is 1920. The molecule has 2 aromatic rings. The maximum absolute atomic E-state index is 13.9. The van der Waals surface area contributed by atoms with Crippen molar-refractivity contribution in [2.75, 3.05) is 47.2 Å². The average molecular weight is 794 g/mol. The predicted molar refractivity (Wildman–Crippen MR) is 204 cm³/mol. The summed E-state index contributed by atoms with van der Waals surface area (Å²) in [6.07, 6.45) is 4.33. The number of thioether (sulfide) groups is 1. The van der Waals surface area contributed by atoms with E-state index in [-0.39, 0.29) is 38.4 Å². The molecule has 4 bridgehead atoms. The number of unbranched alkanes of at least 4 members (excludes halogenated alkanes) is 4. The summed E-state index contributed by atoms with van der Waals surface area (Å²) in [7, 11) is 5.19. The van der Waals surface area contributed by atoms with E-state index in [2.05, 4.69) is 28.9 Å². The van der Waals surface area contributed by atoms with Crippen molar-refractivity contribution in [2.45, 2.75) is 114 Å². The molecule has 302 valence electrons. The number of nitriles is 1. The molecule has 0 spiro atoms. The first-order valence-corrected chi connectivity index (χ1v) is 20.4. The number of nitrogens with zero attached hydrogens (tertiary/aromatic N) is 3. The van der Waals surface area contributed by atoms with Crippen LogP contribution >= 0.6 is 11.8 Å². The van der Waals surface area contributed by atoms with Crippen molar-refractivity contribution >= 4 is 29.7 Å². The molecule has 8 rings (SSSR count). The molecular formula is C41H51N3O11S. The zero-order valence-electron chi connectivity index (χ0n) is 33.1. The van der Waals surface area contributed by atoms with Gasteiger partial charge in [-0.05, 0) is 44.9 Å². The lowest BCUT2D eigenvalue weighted by molar-refractivity contribution is -0.169. The molecule has 6 aliphatic heterocycles. The second-order valence-electron chi connectivity index (χ2n) is 15.1. The standard InChI is InChI=1S/C41H51N3O11S/c1-8-9-10-11-12-13-29(46)55-28-18-56-40-32-31(39-37(52-20-53-39)22(3)36(32)54-23(4)45)27(17-50-41(28)47)44-26(16-42)25-15-24-14-21(2)35(49-7)38(51-19-48-6)30(24)33(34(40)44)43(25)5/h14,25-28,33-34,40H,8-13,15,17-20H2,1-7H3/t25-,26-,27-,28-,33+,34?,40+/m0/s1. The predicted octanol–water partition coefficient (Wildman–Crippen LogP) is 5.78. The Kier molecular flexibility index (Phi) is 11.9. The molecule has 2 fully saturated rings. The van der Waals surface area contributed by atoms with E-state index in [9.17, 15) is 19.6 Å². The number of esters is 3. The van der Waals surface area contributed by atoms with Crippen LogP contribution in [0.3, 0.4) is 0 Å². The lowest BCUT2D eigenvalue weighted by Gasteiger charge is -2.61. The van der Waals surface area contributed by atoms with E-state index < -0.39 is 53.4 Å². The summed E-state index contributed by atoms with van der Waals surface area (Å²) in [6, 6.07) is 2.17. The molecule has 0 amide bonds. The average Bonchev–Trinajstić information content (AvgIpc) is 3.66. The lowest BCUT2D eigenvalue weighted by Crippen LogP contribution is -2.69. The Balaban J connectivity index is 1.42. The molecule has 0 saturated carbocycles. The van der Waals surface area contributed by atoms with Gasteiger partial charge in [0.2, 0.25) is 12.9 Å². The quantitative estimate of drug-likeness (QED) is 0.110. The van der Waals surface area contributed by atoms with Crippen LogP contribution in [-0.2, 0) is 35.0 Å². The first-order valence-electron chi connectivity index (χ1n) is 19.4. The number of benzene rings is 2. The molecule has 0 N–H and O–H groups in total. The van der Waals surface area contributed by atoms with Gasteiger partial charge in [0.25, 0.3) is 0 Å². The third-order valence-corrected chi connectivity index (χ3v) is 13.1. The van der Waals surface area contributed by atoms with E-state index in [0.717, 1.165) is 42.4 Å². The Morgan fingerprint density at radius 3 is 2.50 bits per heavy atom. The zero-order valence-corrected chi connectivity index (χ0v) is 34.0. The van der Waals surface area contributed by atoms with Crippen LogP contribution in [0.15, 0.2) is 6.07 Å². The number of fused-ring (bicyclic) bond motifs is 10. The molecule has 0 aliphatic carbocycles. The highest BCUT2D eigenvalue weighted by Crippen LogP contribution is 2.64. The number of likely N-dealkylation sites (N-methyl/N-ethyl adjacent to an activating group) is 1. The fourth-order valence-corrected chi connectivity index (χ4v) is 10.8. The van der Waals surface area contributed by atoms with Gasteiger partial charge < -0.3 is 37.9 Å². The van der Waals surface area contributed by atoms with E-state index in [4.69, 9.17) is 37.9 Å². The maximum Gasteiger partial charge on any atom is 0.348 e. The second kappa shape index (κ2) is 16.7. The summed E-state index contributed by atoms with van der Waals surface area (Å²) in [5.41, 5.74) is 4.73. The molecule has 2 saturated heterocycles. The summed E-state index contributed by atoms with van der Waals surface area (Å²) in [5.74, 6) is 0.767. The lowest BCUT2D eigenvalue weighted by atomic mass is 9.71. The highest BCUT2D eigenvalue weighted by atomic mass is 32.2. The van der Waals surface area contributed by atoms with Crippen molar-refractivity contribution in [3.63, 3.8) is 0 Å². The monoisotopic (exact) mass is 793 g/mol. The minimum absolute atomic E-state index is 0.0220. The Labute approximate surface area is 331 Å². The van der Waals surface area contributed by atoms with Crippen LogP contribution in [0.1, 0.15) is 103 Å². The number of carbonyl (C=O) groups excluding carboxylic acids is 3. The second-order valence-corrected chi connectivity index (χ2v) is 16.2. The minimum Gasteiger partial charge on any atom is -0.493 e. The molecule has 15 heteroatoms. The van der Waals surface area contributed by atoms with Crippen molar-refractivity contribution in [1.29, 1.82) is 5.26 Å². The molecule has 2 aromatic carbocycles. The molecular weight excluding hydrogens is 743 g/mol. The molecule has 0 aromatic heterocycles. The SMILES string of the molecule is CCCCCCCC(=O)O[C@H]1CS[C@@H]2c3c(OC(C)=O)c(C)c4c(c3[C@H](COC1=O)N1C2[C@H]2c3c(cc(C)c(OC)c3OCOC)C[C@@H]([C@@H]1C#N)N2C)OCO4. The summed E-state index contributed by atoms with van der Waals surface area (Å²) in [6.45, 7) is 7.01. The van der Waals surface area contributed by atoms with Gasteiger partial charge in [0.1, 0.15) is 18.4 Å². The molecule has 6 aliphatic rings. The third kappa shape index (κ3) is 6.92. The van der Waals surface area contributed by atoms with Gasteiger partial charge in [0, 0.05) is 60.5 Å². The third-order valence-electron chi connectivity index (χ3n) is 11.7. The summed E-state index contributed by atoms with van der Waals surface area (Å²) in [5, 5.41) is 10.6. The van der Waals surface area contributed by atoms with Crippen LogP contribution in [0.4, 0.5) is 0 Å². The maximum atomic E-state index is 13.9. The summed E-state index contributed by atoms with van der Waals surface area (Å²) < 4.78 is 48.0. The van der Waals surface area contributed by atoms with Gasteiger partial charge in [-0.3, -0.25) is 19.4 Å². The van der Waals surface area contributed by atoms with Crippen LogP contribution in [0, 0.1) is 25.2 Å². The number of methoxy groups -OCH3 is 2. The number of piperazine rings is 1. The minimum atomic E-state index is -1.19. The van der Waals surface area contributed by atoms with Crippen molar-refractivity contribution in [3.05, 3.63) is 39.4 Å². The Hall–Kier alpha value is -4.23. The highest BCUT2D eigenvalue weighted by molar-refractivity contribution is 7.99. The first-order chi connectivity index (χ1) is 27.1. The van der Waals surface area contributed by atoms with E-state index in [1.165, 1.54) is 18.7 Å². The highest BCUT2D eigenvalue weighted by Gasteiger charge is 2.61. The molecule has 56 heavy (non-hydrogen) atoms. The van der Waals surface area contributed by atoms with E-state index in [1.54, 1.807) is 14.2 Å². The van der Waals surface area contributed by atoms with Gasteiger partial charge in [-0.25, -0.2) is 4.79 Å². The fourth-order valence-electron chi connectivity index (χ4n) is 9.36. The number of carbonyl (C=O) groups is 3. The van der Waals surface area contributed by atoms with Crippen LogP contribution in [0.2, 0.25) is 0 Å². The van der Waals surface area contributed by atoms with Crippen LogP contribution in [0.25, 0.3) is 0 Å². The van der Waals surface area contributed by atoms with Gasteiger partial charge in [-0.2, -0.15) is 5.26 Å². The molecule has 1 unspecified atom stereocenters. The number of hydrogen-bond donors (Lipinski definition) is 0. The fraction of sp³-hybridized carbons (Fsp3) is 0.610. The zero-order chi connectivity index (χ0) is 39.8. The van der Waals surface area contributed by atoms with Crippen molar-refractivity contribution in [2.24, 2.45) is 0 Å². The first kappa shape index (κ1) is 40.0. The van der Waals surface area contributed by atoms with E-state index in [0.29, 0.717) is 58.3 Å². The number of hydrogen-bond acceptors (Lipinski definition) is 15. The van der Waals surface area contributed by atoms with Crippen LogP contribution in [-0.4, -0.2) is 99.2 Å². The van der Waals surface area contributed by atoms with Crippen molar-refractivity contribution in [1.82, 2.24) is 9.80 Å². The van der Waals surface area contributed by atoms with Gasteiger partial charge in [-0.15, -0.1) is 11.8 Å². The molecule has 6 heterocycles. The van der Waals surface area contributed by atoms with E-state index >= 15 is 0 Å². The largest absolute Gasteiger partial charge is 0.493 e. The van der Waals surface area contributed by atoms with Gasteiger partial charge in [0.05, 0.1) is 30.5 Å². The molecule has 7 atom stereocenters. The number of ether oxygens (including phenoxy) is 8. The van der Waals surface area contributed by atoms with Gasteiger partial charge in [0.15, 0.2) is 29.8 Å². The normalized spacial score (nSPS) is 26.2. The van der Waals surface area contributed by atoms with E-state index in [1.807, 2.05) is 20.9 Å². The summed E-state index contributed by atoms with van der Waals surface area (Å²) in [4.78, 5) is 44.3. The van der Waals surface area contributed by atoms with Crippen molar-refractivity contribution in [3.8, 4) is 34.8 Å². The Morgan fingerprint density at radius 1 is 1.02 bits per heavy atom. The number of aryl methyl sites for hydroxylation is 1. The van der Waals surface area contributed by atoms with Crippen molar-refractivity contribution < 1.29 is 52.3 Å². The topological polar surface area (TPSA) is 155 Å².